The minimum absolute atomic E-state index is 0.0143. The highest BCUT2D eigenvalue weighted by molar-refractivity contribution is 6.32. The van der Waals surface area contributed by atoms with Crippen LogP contribution >= 0.6 is 11.6 Å². The Hall–Kier alpha value is -2.14. The number of aromatic nitrogens is 2. The van der Waals surface area contributed by atoms with Gasteiger partial charge in [0.05, 0.1) is 6.20 Å². The molecular formula is C13H13ClN4O. The summed E-state index contributed by atoms with van der Waals surface area (Å²) in [5.74, 6) is 0.531. The molecule has 0 aliphatic heterocycles. The molecule has 0 aliphatic rings. The highest BCUT2D eigenvalue weighted by Crippen LogP contribution is 2.23. The van der Waals surface area contributed by atoms with Gasteiger partial charge in [-0.1, -0.05) is 11.6 Å². The van der Waals surface area contributed by atoms with Crippen molar-refractivity contribution in [3.63, 3.8) is 0 Å². The maximum absolute atomic E-state index is 11.2. The minimum Gasteiger partial charge on any atom is -0.339 e. The fraction of sp³-hybridized carbons (Fsp3) is 0.154. The molecule has 0 saturated heterocycles. The number of halogens is 1. The molecule has 0 bridgehead atoms. The van der Waals surface area contributed by atoms with Crippen LogP contribution in [0, 0.1) is 0 Å². The van der Waals surface area contributed by atoms with E-state index in [1.54, 1.807) is 11.9 Å². The van der Waals surface area contributed by atoms with Gasteiger partial charge in [0, 0.05) is 25.3 Å². The Kier molecular flexibility index (Phi) is 3.97. The van der Waals surface area contributed by atoms with Gasteiger partial charge in [0.25, 0.3) is 0 Å². The molecule has 6 heteroatoms. The summed E-state index contributed by atoms with van der Waals surface area (Å²) in [6, 6.07) is 7.40. The molecule has 1 aromatic heterocycles. The molecule has 98 valence electrons. The maximum Gasteiger partial charge on any atom is 0.223 e. The maximum atomic E-state index is 11.2. The number of carbonyl (C=O) groups excluding carboxylic acids is 1. The van der Waals surface area contributed by atoms with Crippen molar-refractivity contribution in [1.82, 2.24) is 9.97 Å². The fourth-order valence-corrected chi connectivity index (χ4v) is 1.64. The van der Waals surface area contributed by atoms with E-state index in [1.807, 2.05) is 24.3 Å². The first kappa shape index (κ1) is 13.3. The van der Waals surface area contributed by atoms with E-state index in [4.69, 9.17) is 11.6 Å². The van der Waals surface area contributed by atoms with Crippen LogP contribution in [0.5, 0.6) is 0 Å². The van der Waals surface area contributed by atoms with Crippen molar-refractivity contribution < 1.29 is 4.79 Å². The molecule has 2 rings (SSSR count). The number of amides is 1. The van der Waals surface area contributed by atoms with Crippen LogP contribution in [0.1, 0.15) is 6.92 Å². The van der Waals surface area contributed by atoms with Crippen LogP contribution in [0.3, 0.4) is 0 Å². The molecule has 2 aromatic rings. The van der Waals surface area contributed by atoms with Gasteiger partial charge in [0.2, 0.25) is 5.91 Å². The minimum atomic E-state index is -0.0143. The molecule has 0 atom stereocenters. The second-order valence-electron chi connectivity index (χ2n) is 3.97. The Balaban J connectivity index is 2.15. The normalized spacial score (nSPS) is 10.1. The van der Waals surface area contributed by atoms with Crippen LogP contribution in [-0.2, 0) is 4.79 Å². The third kappa shape index (κ3) is 3.20. The molecule has 1 aromatic carbocycles. The number of hydrogen-bond acceptors (Lipinski definition) is 4. The monoisotopic (exact) mass is 276 g/mol. The molecule has 0 aliphatic carbocycles. The third-order valence-electron chi connectivity index (χ3n) is 2.66. The predicted octanol–water partition coefficient (Wildman–Crippen LogP) is 2.86. The second kappa shape index (κ2) is 5.67. The van der Waals surface area contributed by atoms with E-state index in [2.05, 4.69) is 15.3 Å². The fourth-order valence-electron chi connectivity index (χ4n) is 1.49. The molecule has 1 N–H and O–H groups in total. The van der Waals surface area contributed by atoms with E-state index in [0.29, 0.717) is 10.8 Å². The Morgan fingerprint density at radius 2 is 2.00 bits per heavy atom. The zero-order chi connectivity index (χ0) is 13.8. The largest absolute Gasteiger partial charge is 0.339 e. The first-order chi connectivity index (χ1) is 9.08. The highest BCUT2D eigenvalue weighted by Gasteiger charge is 2.06. The smallest absolute Gasteiger partial charge is 0.223 e. The first-order valence-electron chi connectivity index (χ1n) is 5.65. The summed E-state index contributed by atoms with van der Waals surface area (Å²) in [4.78, 5) is 20.7. The molecular weight excluding hydrogens is 264 g/mol. The standard InChI is InChI=1S/C13H13ClN4O/c1-9(19)18(2)11-5-3-10(4-6-11)17-13-12(14)7-15-8-16-13/h3-8H,1-2H3,(H,15,16,17). The summed E-state index contributed by atoms with van der Waals surface area (Å²) >= 11 is 5.96. The zero-order valence-electron chi connectivity index (χ0n) is 10.6. The summed E-state index contributed by atoms with van der Waals surface area (Å²) in [6.07, 6.45) is 2.95. The molecule has 5 nitrogen and oxygen atoms in total. The topological polar surface area (TPSA) is 58.1 Å². The summed E-state index contributed by atoms with van der Waals surface area (Å²) in [7, 11) is 1.73. The highest BCUT2D eigenvalue weighted by atomic mass is 35.5. The Bertz CT molecular complexity index is 585. The average molecular weight is 277 g/mol. The molecule has 0 unspecified atom stereocenters. The van der Waals surface area contributed by atoms with E-state index in [0.717, 1.165) is 11.4 Å². The zero-order valence-corrected chi connectivity index (χ0v) is 11.3. The van der Waals surface area contributed by atoms with Crippen molar-refractivity contribution in [3.05, 3.63) is 41.8 Å². The van der Waals surface area contributed by atoms with Crippen LogP contribution < -0.4 is 10.2 Å². The van der Waals surface area contributed by atoms with E-state index < -0.39 is 0 Å². The van der Waals surface area contributed by atoms with Gasteiger partial charge in [-0.15, -0.1) is 0 Å². The summed E-state index contributed by atoms with van der Waals surface area (Å²) < 4.78 is 0. The van der Waals surface area contributed by atoms with Crippen LogP contribution in [0.25, 0.3) is 0 Å². The van der Waals surface area contributed by atoms with E-state index in [-0.39, 0.29) is 5.91 Å². The lowest BCUT2D eigenvalue weighted by molar-refractivity contribution is -0.116. The first-order valence-corrected chi connectivity index (χ1v) is 6.02. The average Bonchev–Trinajstić information content (AvgIpc) is 2.41. The number of nitrogens with zero attached hydrogens (tertiary/aromatic N) is 3. The lowest BCUT2D eigenvalue weighted by Gasteiger charge is -2.15. The molecule has 1 heterocycles. The van der Waals surface area contributed by atoms with Gasteiger partial charge in [-0.3, -0.25) is 4.79 Å². The van der Waals surface area contributed by atoms with Crippen molar-refractivity contribution >= 4 is 34.7 Å². The summed E-state index contributed by atoms with van der Waals surface area (Å²) in [6.45, 7) is 1.52. The molecule has 0 radical (unpaired) electrons. The number of anilines is 3. The third-order valence-corrected chi connectivity index (χ3v) is 2.93. The molecule has 0 spiro atoms. The Morgan fingerprint density at radius 3 is 2.58 bits per heavy atom. The van der Waals surface area contributed by atoms with Crippen molar-refractivity contribution in [2.75, 3.05) is 17.3 Å². The van der Waals surface area contributed by atoms with Crippen LogP contribution in [0.4, 0.5) is 17.2 Å². The van der Waals surface area contributed by atoms with Crippen LogP contribution in [-0.4, -0.2) is 22.9 Å². The van der Waals surface area contributed by atoms with Gasteiger partial charge in [0.15, 0.2) is 5.82 Å². The van der Waals surface area contributed by atoms with Crippen molar-refractivity contribution in [2.24, 2.45) is 0 Å². The lowest BCUT2D eigenvalue weighted by Crippen LogP contribution is -2.22. The number of nitrogens with one attached hydrogen (secondary N) is 1. The van der Waals surface area contributed by atoms with E-state index >= 15 is 0 Å². The van der Waals surface area contributed by atoms with Gasteiger partial charge in [-0.05, 0) is 24.3 Å². The molecule has 1 amide bonds. The van der Waals surface area contributed by atoms with Crippen molar-refractivity contribution in [2.45, 2.75) is 6.92 Å². The van der Waals surface area contributed by atoms with Crippen molar-refractivity contribution in [1.29, 1.82) is 0 Å². The van der Waals surface area contributed by atoms with Crippen LogP contribution in [0.15, 0.2) is 36.8 Å². The number of rotatable bonds is 3. The predicted molar refractivity (Wildman–Crippen MR) is 75.9 cm³/mol. The van der Waals surface area contributed by atoms with Gasteiger partial charge in [-0.2, -0.15) is 0 Å². The molecule has 19 heavy (non-hydrogen) atoms. The number of carbonyl (C=O) groups is 1. The second-order valence-corrected chi connectivity index (χ2v) is 4.38. The van der Waals surface area contributed by atoms with Gasteiger partial charge < -0.3 is 10.2 Å². The summed E-state index contributed by atoms with van der Waals surface area (Å²) in [5.41, 5.74) is 1.66. The Morgan fingerprint density at radius 1 is 1.32 bits per heavy atom. The quantitative estimate of drug-likeness (QED) is 0.936. The van der Waals surface area contributed by atoms with Gasteiger partial charge >= 0.3 is 0 Å². The van der Waals surface area contributed by atoms with E-state index in [9.17, 15) is 4.79 Å². The summed E-state index contributed by atoms with van der Waals surface area (Å²) in [5, 5.41) is 3.53. The van der Waals surface area contributed by atoms with Crippen LogP contribution in [0.2, 0.25) is 5.02 Å². The molecule has 0 saturated carbocycles. The van der Waals surface area contributed by atoms with E-state index in [1.165, 1.54) is 19.4 Å². The number of hydrogen-bond donors (Lipinski definition) is 1. The van der Waals surface area contributed by atoms with Gasteiger partial charge in [0.1, 0.15) is 11.3 Å². The Labute approximate surface area is 116 Å². The van der Waals surface area contributed by atoms with Gasteiger partial charge in [-0.25, -0.2) is 9.97 Å². The lowest BCUT2D eigenvalue weighted by atomic mass is 10.2. The molecule has 0 fully saturated rings. The van der Waals surface area contributed by atoms with Crippen molar-refractivity contribution in [3.8, 4) is 0 Å². The SMILES string of the molecule is CC(=O)N(C)c1ccc(Nc2ncncc2Cl)cc1. The number of benzene rings is 1.